The van der Waals surface area contributed by atoms with Crippen LogP contribution in [0.5, 0.6) is 5.75 Å². The van der Waals surface area contributed by atoms with Crippen molar-refractivity contribution in [3.05, 3.63) is 74.5 Å². The van der Waals surface area contributed by atoms with Gasteiger partial charge in [0.05, 0.1) is 22.5 Å². The molecule has 4 aliphatic rings. The Morgan fingerprint density at radius 2 is 1.68 bits per heavy atom. The minimum atomic E-state index is -0.435. The molecule has 9 heteroatoms. The molecule has 2 bridgehead atoms. The first-order chi connectivity index (χ1) is 16.4. The summed E-state index contributed by atoms with van der Waals surface area (Å²) in [7, 11) is 0. The first-order valence-corrected chi connectivity index (χ1v) is 12.9. The lowest BCUT2D eigenvalue weighted by Crippen LogP contribution is -2.42. The quantitative estimate of drug-likeness (QED) is 0.527. The number of H-pyrrole nitrogens is 1. The van der Waals surface area contributed by atoms with Crippen LogP contribution in [0.15, 0.2) is 58.4 Å². The third kappa shape index (κ3) is 2.59. The Kier molecular flexibility index (Phi) is 4.24. The second-order valence-corrected chi connectivity index (χ2v) is 11.7. The zero-order valence-electron chi connectivity index (χ0n) is 17.7. The van der Waals surface area contributed by atoms with Crippen LogP contribution in [0.25, 0.3) is 0 Å². The number of hydrogen-bond donors (Lipinski definition) is 2. The van der Waals surface area contributed by atoms with E-state index in [-0.39, 0.29) is 51.4 Å². The van der Waals surface area contributed by atoms with Gasteiger partial charge in [-0.15, -0.1) is 11.8 Å². The highest BCUT2D eigenvalue weighted by molar-refractivity contribution is 8.00. The van der Waals surface area contributed by atoms with Gasteiger partial charge in [0.25, 0.3) is 0 Å². The summed E-state index contributed by atoms with van der Waals surface area (Å²) in [4.78, 5) is 44.4. The van der Waals surface area contributed by atoms with Crippen LogP contribution in [-0.2, 0) is 9.59 Å². The van der Waals surface area contributed by atoms with E-state index in [4.69, 9.17) is 0 Å². The van der Waals surface area contributed by atoms with Crippen molar-refractivity contribution in [3.63, 3.8) is 0 Å². The van der Waals surface area contributed by atoms with Gasteiger partial charge in [-0.25, -0.2) is 4.39 Å². The molecule has 7 atom stereocenters. The Morgan fingerprint density at radius 3 is 2.41 bits per heavy atom. The Labute approximate surface area is 201 Å². The standard InChI is InChI=1S/C25H19FN2O4S2/c26-10-5-7-11(8-6-10)28-23(30)18-13-9-14(19(18)24(28)31)20-17(13)16(12-3-1-2-4-15(12)29)21-22(33-20)27-25(32)34-21/h1-8,13-14,16-20,29H,9H2,(H,27,32)/t13?,14?,16-,17?,18?,19?,20?/m1/s1. The van der Waals surface area contributed by atoms with Crippen molar-refractivity contribution in [1.29, 1.82) is 0 Å². The molecule has 6 nitrogen and oxygen atoms in total. The molecular formula is C25H19FN2O4S2. The van der Waals surface area contributed by atoms with E-state index in [0.29, 0.717) is 5.69 Å². The molecule has 2 aliphatic carbocycles. The van der Waals surface area contributed by atoms with Gasteiger partial charge in [0.2, 0.25) is 11.8 Å². The van der Waals surface area contributed by atoms with Crippen LogP contribution in [0, 0.1) is 35.4 Å². The number of halogens is 1. The number of benzene rings is 2. The van der Waals surface area contributed by atoms with Gasteiger partial charge >= 0.3 is 4.87 Å². The fourth-order valence-corrected chi connectivity index (χ4v) is 9.84. The number of rotatable bonds is 2. The van der Waals surface area contributed by atoms with Crippen molar-refractivity contribution in [2.24, 2.45) is 29.6 Å². The average molecular weight is 495 g/mol. The van der Waals surface area contributed by atoms with Gasteiger partial charge in [-0.05, 0) is 54.5 Å². The maximum atomic E-state index is 13.6. The maximum absolute atomic E-state index is 13.6. The summed E-state index contributed by atoms with van der Waals surface area (Å²) in [5, 5.41) is 11.6. The Morgan fingerprint density at radius 1 is 0.971 bits per heavy atom. The molecule has 3 aromatic rings. The topological polar surface area (TPSA) is 90.5 Å². The number of nitrogens with one attached hydrogen (secondary N) is 1. The van der Waals surface area contributed by atoms with Crippen LogP contribution >= 0.6 is 23.1 Å². The second-order valence-electron chi connectivity index (χ2n) is 9.51. The highest BCUT2D eigenvalue weighted by Crippen LogP contribution is 2.69. The number of amides is 2. The highest BCUT2D eigenvalue weighted by atomic mass is 32.2. The number of carbonyl (C=O) groups excluding carboxylic acids is 2. The minimum absolute atomic E-state index is 0.00296. The van der Waals surface area contributed by atoms with Crippen molar-refractivity contribution >= 4 is 40.6 Å². The monoisotopic (exact) mass is 494 g/mol. The summed E-state index contributed by atoms with van der Waals surface area (Å²) in [6, 6.07) is 12.6. The van der Waals surface area contributed by atoms with E-state index in [1.807, 2.05) is 12.1 Å². The number of thioether (sulfide) groups is 1. The maximum Gasteiger partial charge on any atom is 0.305 e. The van der Waals surface area contributed by atoms with E-state index in [2.05, 4.69) is 4.98 Å². The molecule has 1 aromatic heterocycles. The number of anilines is 1. The molecule has 7 rings (SSSR count). The van der Waals surface area contributed by atoms with Crippen LogP contribution < -0.4 is 9.77 Å². The molecule has 2 N–H and O–H groups in total. The smallest absolute Gasteiger partial charge is 0.305 e. The number of thiazole rings is 1. The van der Waals surface area contributed by atoms with E-state index < -0.39 is 17.7 Å². The highest BCUT2D eigenvalue weighted by Gasteiger charge is 2.69. The number of aromatic hydroxyl groups is 1. The molecule has 2 aliphatic heterocycles. The predicted molar refractivity (Wildman–Crippen MR) is 125 cm³/mol. The lowest BCUT2D eigenvalue weighted by molar-refractivity contribution is -0.123. The summed E-state index contributed by atoms with van der Waals surface area (Å²) >= 11 is 2.77. The first kappa shape index (κ1) is 20.5. The first-order valence-electron chi connectivity index (χ1n) is 11.2. The fraction of sp³-hybridized carbons (Fsp3) is 0.320. The number of nitrogens with zero attached hydrogens (tertiary/aromatic N) is 1. The summed E-state index contributed by atoms with van der Waals surface area (Å²) in [5.74, 6) is -1.76. The summed E-state index contributed by atoms with van der Waals surface area (Å²) < 4.78 is 13.5. The molecule has 34 heavy (non-hydrogen) atoms. The SMILES string of the molecule is O=C1C2C3CC(C2C(=O)N1c1ccc(F)cc1)C1C3Sc2[nH]c(=O)sc2[C@@H]1c1ccccc1O. The van der Waals surface area contributed by atoms with Crippen molar-refractivity contribution in [2.45, 2.75) is 22.6 Å². The van der Waals surface area contributed by atoms with Gasteiger partial charge in [0, 0.05) is 21.6 Å². The number of aromatic amines is 1. The fourth-order valence-electron chi connectivity index (χ4n) is 6.96. The molecule has 3 fully saturated rings. The number of phenols is 1. The third-order valence-corrected chi connectivity index (χ3v) is 10.7. The van der Waals surface area contributed by atoms with Crippen molar-refractivity contribution in [2.75, 3.05) is 4.90 Å². The van der Waals surface area contributed by atoms with Crippen LogP contribution in [-0.4, -0.2) is 27.2 Å². The van der Waals surface area contributed by atoms with Crippen LogP contribution in [0.1, 0.15) is 22.8 Å². The molecule has 172 valence electrons. The summed E-state index contributed by atoms with van der Waals surface area (Å²) in [6.07, 6.45) is 0.773. The lowest BCUT2D eigenvalue weighted by atomic mass is 9.68. The van der Waals surface area contributed by atoms with E-state index >= 15 is 0 Å². The number of phenolic OH excluding ortho intramolecular Hbond substituents is 1. The van der Waals surface area contributed by atoms with E-state index in [9.17, 15) is 23.9 Å². The number of carbonyl (C=O) groups is 2. The molecule has 6 unspecified atom stereocenters. The molecular weight excluding hydrogens is 475 g/mol. The molecule has 2 amide bonds. The van der Waals surface area contributed by atoms with E-state index in [1.165, 1.54) is 29.2 Å². The number of imide groups is 1. The number of fused-ring (bicyclic) bond motifs is 9. The predicted octanol–water partition coefficient (Wildman–Crippen LogP) is 3.96. The molecule has 0 spiro atoms. The molecule has 2 saturated carbocycles. The lowest BCUT2D eigenvalue weighted by Gasteiger charge is -2.43. The van der Waals surface area contributed by atoms with E-state index in [1.54, 1.807) is 23.9 Å². The van der Waals surface area contributed by atoms with Crippen LogP contribution in [0.2, 0.25) is 0 Å². The molecule has 1 saturated heterocycles. The van der Waals surface area contributed by atoms with Crippen LogP contribution in [0.4, 0.5) is 10.1 Å². The van der Waals surface area contributed by atoms with E-state index in [0.717, 1.165) is 33.2 Å². The Hall–Kier alpha value is -2.91. The van der Waals surface area contributed by atoms with Crippen molar-refractivity contribution in [1.82, 2.24) is 4.98 Å². The van der Waals surface area contributed by atoms with Crippen molar-refractivity contribution < 1.29 is 19.1 Å². The number of hydrogen-bond acceptors (Lipinski definition) is 6. The second kappa shape index (κ2) is 7.05. The molecule has 2 aromatic carbocycles. The van der Waals surface area contributed by atoms with Gasteiger partial charge in [-0.2, -0.15) is 0 Å². The normalized spacial score (nSPS) is 33.2. The van der Waals surface area contributed by atoms with Gasteiger partial charge in [-0.1, -0.05) is 29.5 Å². The van der Waals surface area contributed by atoms with Gasteiger partial charge in [0.15, 0.2) is 0 Å². The van der Waals surface area contributed by atoms with Gasteiger partial charge in [0.1, 0.15) is 11.6 Å². The number of aromatic nitrogens is 1. The number of para-hydroxylation sites is 1. The van der Waals surface area contributed by atoms with Gasteiger partial charge in [-0.3, -0.25) is 19.3 Å². The van der Waals surface area contributed by atoms with Crippen LogP contribution in [0.3, 0.4) is 0 Å². The summed E-state index contributed by atoms with van der Waals surface area (Å²) in [6.45, 7) is 0. The Balaban J connectivity index is 1.34. The molecule has 3 heterocycles. The third-order valence-electron chi connectivity index (χ3n) is 8.08. The van der Waals surface area contributed by atoms with Crippen molar-refractivity contribution in [3.8, 4) is 5.75 Å². The van der Waals surface area contributed by atoms with Gasteiger partial charge < -0.3 is 10.1 Å². The minimum Gasteiger partial charge on any atom is -0.508 e. The zero-order valence-corrected chi connectivity index (χ0v) is 19.3. The summed E-state index contributed by atoms with van der Waals surface area (Å²) in [5.41, 5.74) is 1.16. The molecule has 0 radical (unpaired) electrons. The Bertz CT molecular complexity index is 1420. The largest absolute Gasteiger partial charge is 0.508 e. The average Bonchev–Trinajstić information content (AvgIpc) is 3.54. The zero-order chi connectivity index (χ0) is 23.3.